The lowest BCUT2D eigenvalue weighted by molar-refractivity contribution is 0.290. The molecule has 0 aromatic rings. The first-order valence-electron chi connectivity index (χ1n) is 3.95. The molecule has 1 aliphatic rings. The van der Waals surface area contributed by atoms with Crippen molar-refractivity contribution >= 4 is 9.39 Å². The molecule has 0 spiro atoms. The second kappa shape index (κ2) is 3.66. The Kier molecular flexibility index (Phi) is 3.09. The molecule has 0 saturated heterocycles. The highest BCUT2D eigenvalue weighted by atomic mass is 31.0. The van der Waals surface area contributed by atoms with E-state index in [0.717, 1.165) is 0 Å². The summed E-state index contributed by atoms with van der Waals surface area (Å²) in [5.41, 5.74) is 5.86. The molecule has 1 rings (SSSR count). The summed E-state index contributed by atoms with van der Waals surface area (Å²) in [6, 6.07) is 1.12. The van der Waals surface area contributed by atoms with Gasteiger partial charge >= 0.3 is 0 Å². The Morgan fingerprint density at radius 1 is 1.50 bits per heavy atom. The predicted molar refractivity (Wildman–Crippen MR) is 47.6 cm³/mol. The molecule has 4 atom stereocenters. The standard InChI is InChI=1S/C7H17N2P/c1-5-4-6(9-10)2-3-7(5)8/h5-7,9H,2-4,8,10H2,1H3. The second-order valence-corrected chi connectivity index (χ2v) is 3.65. The molecule has 0 amide bonds. The van der Waals surface area contributed by atoms with Gasteiger partial charge in [0.15, 0.2) is 0 Å². The van der Waals surface area contributed by atoms with E-state index in [-0.39, 0.29) is 0 Å². The van der Waals surface area contributed by atoms with Crippen LogP contribution in [0, 0.1) is 5.92 Å². The van der Waals surface area contributed by atoms with Gasteiger partial charge in [-0.15, -0.1) is 0 Å². The summed E-state index contributed by atoms with van der Waals surface area (Å²) in [6.45, 7) is 2.23. The van der Waals surface area contributed by atoms with E-state index in [2.05, 4.69) is 21.4 Å². The Balaban J connectivity index is 2.33. The molecule has 1 fully saturated rings. The third kappa shape index (κ3) is 1.91. The van der Waals surface area contributed by atoms with Crippen LogP contribution in [-0.2, 0) is 0 Å². The normalized spacial score (nSPS) is 41.7. The van der Waals surface area contributed by atoms with E-state index >= 15 is 0 Å². The fraction of sp³-hybridized carbons (Fsp3) is 1.00. The molecule has 1 saturated carbocycles. The highest BCUT2D eigenvalue weighted by Gasteiger charge is 2.23. The van der Waals surface area contributed by atoms with Gasteiger partial charge in [0.2, 0.25) is 0 Å². The van der Waals surface area contributed by atoms with Gasteiger partial charge in [-0.25, -0.2) is 0 Å². The van der Waals surface area contributed by atoms with Crippen LogP contribution in [0.5, 0.6) is 0 Å². The van der Waals surface area contributed by atoms with Crippen molar-refractivity contribution < 1.29 is 0 Å². The first-order valence-corrected chi connectivity index (χ1v) is 4.53. The summed E-state index contributed by atoms with van der Waals surface area (Å²) in [7, 11) is 2.58. The van der Waals surface area contributed by atoms with Gasteiger partial charge in [-0.3, -0.25) is 5.09 Å². The maximum Gasteiger partial charge on any atom is 0.0103 e. The van der Waals surface area contributed by atoms with Crippen LogP contribution in [0.1, 0.15) is 26.2 Å². The Bertz CT molecular complexity index is 108. The average molecular weight is 160 g/mol. The maximum atomic E-state index is 5.86. The molecule has 1 aliphatic carbocycles. The first-order chi connectivity index (χ1) is 4.74. The minimum Gasteiger partial charge on any atom is -0.327 e. The number of nitrogens with two attached hydrogens (primary N) is 1. The summed E-state index contributed by atoms with van der Waals surface area (Å²) >= 11 is 0. The van der Waals surface area contributed by atoms with Crippen LogP contribution in [-0.4, -0.2) is 12.1 Å². The summed E-state index contributed by atoms with van der Waals surface area (Å²) in [4.78, 5) is 0. The first kappa shape index (κ1) is 8.45. The Morgan fingerprint density at radius 2 is 2.20 bits per heavy atom. The van der Waals surface area contributed by atoms with Crippen LogP contribution in [0.4, 0.5) is 0 Å². The summed E-state index contributed by atoms with van der Waals surface area (Å²) in [6.07, 6.45) is 3.63. The van der Waals surface area contributed by atoms with Crippen molar-refractivity contribution in [2.24, 2.45) is 11.7 Å². The smallest absolute Gasteiger partial charge is 0.0103 e. The number of hydrogen-bond acceptors (Lipinski definition) is 2. The lowest BCUT2D eigenvalue weighted by Crippen LogP contribution is -2.39. The zero-order chi connectivity index (χ0) is 7.56. The summed E-state index contributed by atoms with van der Waals surface area (Å²) in [5.74, 6) is 0.687. The van der Waals surface area contributed by atoms with Gasteiger partial charge in [-0.2, -0.15) is 0 Å². The molecule has 2 nitrogen and oxygen atoms in total. The van der Waals surface area contributed by atoms with Crippen molar-refractivity contribution in [1.29, 1.82) is 0 Å². The Hall–Kier alpha value is 0.350. The van der Waals surface area contributed by atoms with Crippen LogP contribution >= 0.6 is 9.39 Å². The zero-order valence-corrected chi connectivity index (χ0v) is 7.66. The topological polar surface area (TPSA) is 38.0 Å². The van der Waals surface area contributed by atoms with Crippen molar-refractivity contribution in [3.05, 3.63) is 0 Å². The van der Waals surface area contributed by atoms with Crippen LogP contribution in [0.25, 0.3) is 0 Å². The molecule has 3 N–H and O–H groups in total. The number of rotatable bonds is 1. The molecular weight excluding hydrogens is 143 g/mol. The van der Waals surface area contributed by atoms with E-state index in [9.17, 15) is 0 Å². The summed E-state index contributed by atoms with van der Waals surface area (Å²) in [5, 5.41) is 3.22. The molecule has 0 bridgehead atoms. The number of nitrogens with one attached hydrogen (secondary N) is 1. The maximum absolute atomic E-state index is 5.86. The highest BCUT2D eigenvalue weighted by Crippen LogP contribution is 2.23. The predicted octanol–water partition coefficient (Wildman–Crippen LogP) is 0.882. The van der Waals surface area contributed by atoms with Crippen molar-refractivity contribution in [3.63, 3.8) is 0 Å². The lowest BCUT2D eigenvalue weighted by atomic mass is 9.84. The molecule has 60 valence electrons. The van der Waals surface area contributed by atoms with Crippen LogP contribution in [0.3, 0.4) is 0 Å². The molecule has 3 heteroatoms. The minimum absolute atomic E-state index is 0.439. The van der Waals surface area contributed by atoms with Crippen molar-refractivity contribution in [2.75, 3.05) is 0 Å². The van der Waals surface area contributed by atoms with Gasteiger partial charge in [0.25, 0.3) is 0 Å². The molecule has 0 aromatic heterocycles. The van der Waals surface area contributed by atoms with Gasteiger partial charge in [-0.05, 0) is 25.2 Å². The lowest BCUT2D eigenvalue weighted by Gasteiger charge is -2.31. The monoisotopic (exact) mass is 160 g/mol. The fourth-order valence-corrected chi connectivity index (χ4v) is 1.87. The molecule has 0 aromatic carbocycles. The van der Waals surface area contributed by atoms with E-state index in [1.54, 1.807) is 0 Å². The van der Waals surface area contributed by atoms with Crippen molar-refractivity contribution in [2.45, 2.75) is 38.3 Å². The van der Waals surface area contributed by atoms with Crippen LogP contribution in [0.2, 0.25) is 0 Å². The minimum atomic E-state index is 0.439. The van der Waals surface area contributed by atoms with E-state index in [1.165, 1.54) is 19.3 Å². The van der Waals surface area contributed by atoms with Gasteiger partial charge in [0.1, 0.15) is 0 Å². The fourth-order valence-electron chi connectivity index (χ4n) is 1.57. The Morgan fingerprint density at radius 3 is 2.70 bits per heavy atom. The highest BCUT2D eigenvalue weighted by molar-refractivity contribution is 7.13. The third-order valence-electron chi connectivity index (χ3n) is 2.47. The molecule has 0 radical (unpaired) electrons. The van der Waals surface area contributed by atoms with Crippen LogP contribution in [0.15, 0.2) is 0 Å². The second-order valence-electron chi connectivity index (χ2n) is 3.32. The quantitative estimate of drug-likeness (QED) is 0.559. The summed E-state index contributed by atoms with van der Waals surface area (Å²) < 4.78 is 0. The number of hydrogen-bond donors (Lipinski definition) is 2. The molecule has 0 heterocycles. The van der Waals surface area contributed by atoms with Gasteiger partial charge in [0, 0.05) is 12.1 Å². The van der Waals surface area contributed by atoms with Gasteiger partial charge in [0.05, 0.1) is 0 Å². The molecule has 10 heavy (non-hydrogen) atoms. The van der Waals surface area contributed by atoms with E-state index in [1.807, 2.05) is 0 Å². The third-order valence-corrected chi connectivity index (χ3v) is 2.94. The van der Waals surface area contributed by atoms with Gasteiger partial charge in [-0.1, -0.05) is 16.3 Å². The molecule has 0 aliphatic heterocycles. The van der Waals surface area contributed by atoms with Crippen molar-refractivity contribution in [1.82, 2.24) is 5.09 Å². The van der Waals surface area contributed by atoms with Crippen molar-refractivity contribution in [3.8, 4) is 0 Å². The zero-order valence-electron chi connectivity index (χ0n) is 6.51. The van der Waals surface area contributed by atoms with E-state index < -0.39 is 0 Å². The average Bonchev–Trinajstić information content (AvgIpc) is 1.95. The van der Waals surface area contributed by atoms with E-state index in [4.69, 9.17) is 5.73 Å². The molecular formula is C7H17N2P. The van der Waals surface area contributed by atoms with E-state index in [0.29, 0.717) is 18.0 Å². The SMILES string of the molecule is CC1CC(NP)CCC1N. The Labute approximate surface area is 65.2 Å². The van der Waals surface area contributed by atoms with Crippen LogP contribution < -0.4 is 10.8 Å². The largest absolute Gasteiger partial charge is 0.327 e. The van der Waals surface area contributed by atoms with Gasteiger partial charge < -0.3 is 5.73 Å². The molecule has 4 unspecified atom stereocenters.